The van der Waals surface area contributed by atoms with E-state index in [1.165, 1.54) is 37.5 Å². The summed E-state index contributed by atoms with van der Waals surface area (Å²) in [5, 5.41) is 8.67. The molecule has 3 rings (SSSR count). The second kappa shape index (κ2) is 19.6. The largest absolute Gasteiger partial charge is 0.478 e. The van der Waals surface area contributed by atoms with E-state index in [9.17, 15) is 31.5 Å². The molecule has 45 heavy (non-hydrogen) atoms. The van der Waals surface area contributed by atoms with Crippen LogP contribution in [-0.2, 0) is 11.2 Å². The van der Waals surface area contributed by atoms with Gasteiger partial charge in [-0.3, -0.25) is 0 Å². The number of hydrogen-bond acceptors (Lipinski definition) is 3. The van der Waals surface area contributed by atoms with Crippen molar-refractivity contribution in [2.75, 3.05) is 0 Å². The highest BCUT2D eigenvalue weighted by atomic mass is 19.4. The maximum atomic E-state index is 13.6. The summed E-state index contributed by atoms with van der Waals surface area (Å²) < 4.78 is 71.2. The highest BCUT2D eigenvalue weighted by Crippen LogP contribution is 2.28. The van der Waals surface area contributed by atoms with E-state index in [4.69, 9.17) is 9.84 Å². The van der Waals surface area contributed by atoms with Gasteiger partial charge in [-0.1, -0.05) is 114 Å². The minimum Gasteiger partial charge on any atom is -0.478 e. The number of alkyl halides is 3. The average Bonchev–Trinajstić information content (AvgIpc) is 3.02. The average molecular weight is 635 g/mol. The predicted octanol–water partition coefficient (Wildman–Crippen LogP) is 11.0. The summed E-state index contributed by atoms with van der Waals surface area (Å²) in [6.07, 6.45) is 2.99. The maximum Gasteiger partial charge on any atom is 0.425 e. The number of hydrogen-bond donors (Lipinski definition) is 1. The maximum absolute atomic E-state index is 13.6. The Balaban J connectivity index is 0.000000330. The Bertz CT molecular complexity index is 1310. The van der Waals surface area contributed by atoms with Crippen molar-refractivity contribution >= 4 is 11.9 Å². The van der Waals surface area contributed by atoms with E-state index < -0.39 is 41.4 Å². The fraction of sp³-hybridized carbons (Fsp3) is 0.444. The number of benzene rings is 3. The van der Waals surface area contributed by atoms with Gasteiger partial charge in [-0.05, 0) is 60.6 Å². The Hall–Kier alpha value is -3.75. The van der Waals surface area contributed by atoms with Crippen LogP contribution in [0.25, 0.3) is 11.1 Å². The van der Waals surface area contributed by atoms with Crippen LogP contribution in [0.1, 0.15) is 111 Å². The SMILES string of the molecule is CCCCCCCCc1ccc(C(=O)O)c(F)c1F.CCCCCC[C@H](OC(=O)c1ccc(-c2ccccc2)cc1)C(F)(F)F. The first kappa shape index (κ1) is 37.4. The van der Waals surface area contributed by atoms with Crippen LogP contribution in [0.15, 0.2) is 66.7 Å². The van der Waals surface area contributed by atoms with Crippen molar-refractivity contribution < 1.29 is 41.4 Å². The third-order valence-electron chi connectivity index (χ3n) is 7.35. The zero-order chi connectivity index (χ0) is 33.2. The molecule has 0 aliphatic heterocycles. The molecule has 0 fully saturated rings. The van der Waals surface area contributed by atoms with Gasteiger partial charge in [-0.15, -0.1) is 0 Å². The molecule has 246 valence electrons. The van der Waals surface area contributed by atoms with Crippen LogP contribution >= 0.6 is 0 Å². The second-order valence-electron chi connectivity index (χ2n) is 11.0. The van der Waals surface area contributed by atoms with Crippen LogP contribution in [0.5, 0.6) is 0 Å². The van der Waals surface area contributed by atoms with Gasteiger partial charge in [0.1, 0.15) is 0 Å². The molecule has 0 aromatic heterocycles. The first-order chi connectivity index (χ1) is 21.5. The number of carboxylic acids is 1. The number of aromatic carboxylic acids is 1. The minimum atomic E-state index is -4.55. The Morgan fingerprint density at radius 3 is 1.84 bits per heavy atom. The predicted molar refractivity (Wildman–Crippen MR) is 166 cm³/mol. The van der Waals surface area contributed by atoms with Crippen LogP contribution in [0, 0.1) is 11.6 Å². The number of unbranched alkanes of at least 4 members (excludes halogenated alkanes) is 8. The van der Waals surface area contributed by atoms with Gasteiger partial charge >= 0.3 is 18.1 Å². The standard InChI is InChI=1S/C21H23F3O2.C15H20F2O2/c1-2-3-4-8-11-19(21(22,23)24)26-20(25)18-14-12-17(13-15-18)16-9-6-5-7-10-16;1-2-3-4-5-6-7-8-11-9-10-12(15(18)19)14(17)13(11)16/h5-7,9-10,12-15,19H,2-4,8,11H2,1H3;9-10H,2-8H2,1H3,(H,18,19)/t19-;/m0./s1. The number of aryl methyl sites for hydroxylation is 1. The highest BCUT2D eigenvalue weighted by molar-refractivity contribution is 5.90. The summed E-state index contributed by atoms with van der Waals surface area (Å²) >= 11 is 0. The molecular weight excluding hydrogens is 591 g/mol. The third-order valence-corrected chi connectivity index (χ3v) is 7.35. The van der Waals surface area contributed by atoms with Gasteiger partial charge in [-0.25, -0.2) is 18.4 Å². The number of esters is 1. The first-order valence-electron chi connectivity index (χ1n) is 15.6. The molecule has 3 aromatic rings. The topological polar surface area (TPSA) is 63.6 Å². The van der Waals surface area contributed by atoms with Gasteiger partial charge in [0.2, 0.25) is 0 Å². The van der Waals surface area contributed by atoms with E-state index in [0.717, 1.165) is 49.3 Å². The molecule has 0 amide bonds. The van der Waals surface area contributed by atoms with Gasteiger partial charge in [0, 0.05) is 0 Å². The Morgan fingerprint density at radius 1 is 0.711 bits per heavy atom. The van der Waals surface area contributed by atoms with E-state index >= 15 is 0 Å². The lowest BCUT2D eigenvalue weighted by atomic mass is 10.0. The Kier molecular flexibility index (Phi) is 16.3. The molecule has 0 spiro atoms. The van der Waals surface area contributed by atoms with Crippen molar-refractivity contribution in [3.63, 3.8) is 0 Å². The van der Waals surface area contributed by atoms with Gasteiger partial charge in [0.15, 0.2) is 17.7 Å². The summed E-state index contributed by atoms with van der Waals surface area (Å²) in [6.45, 7) is 4.13. The molecule has 0 bridgehead atoms. The van der Waals surface area contributed by atoms with Crippen LogP contribution < -0.4 is 0 Å². The third kappa shape index (κ3) is 13.0. The molecule has 9 heteroatoms. The van der Waals surface area contributed by atoms with E-state index in [0.29, 0.717) is 19.3 Å². The smallest absolute Gasteiger partial charge is 0.425 e. The lowest BCUT2D eigenvalue weighted by Gasteiger charge is -2.20. The number of halogens is 5. The monoisotopic (exact) mass is 634 g/mol. The summed E-state index contributed by atoms with van der Waals surface area (Å²) in [5.74, 6) is -4.66. The Labute approximate surface area is 262 Å². The van der Waals surface area contributed by atoms with Crippen LogP contribution in [-0.4, -0.2) is 29.3 Å². The fourth-order valence-electron chi connectivity index (χ4n) is 4.72. The van der Waals surface area contributed by atoms with Gasteiger partial charge in [0.05, 0.1) is 11.1 Å². The molecule has 4 nitrogen and oxygen atoms in total. The molecule has 0 aliphatic carbocycles. The summed E-state index contributed by atoms with van der Waals surface area (Å²) in [7, 11) is 0. The molecule has 0 saturated carbocycles. The molecule has 3 aromatic carbocycles. The van der Waals surface area contributed by atoms with E-state index in [1.807, 2.05) is 37.3 Å². The zero-order valence-corrected chi connectivity index (χ0v) is 26.0. The lowest BCUT2D eigenvalue weighted by Crippen LogP contribution is -2.33. The fourth-order valence-corrected chi connectivity index (χ4v) is 4.72. The van der Waals surface area contributed by atoms with E-state index in [-0.39, 0.29) is 17.5 Å². The van der Waals surface area contributed by atoms with E-state index in [1.54, 1.807) is 12.1 Å². The van der Waals surface area contributed by atoms with Gasteiger partial charge in [-0.2, -0.15) is 13.2 Å². The van der Waals surface area contributed by atoms with Crippen molar-refractivity contribution in [3.05, 3.63) is 95.1 Å². The van der Waals surface area contributed by atoms with Crippen molar-refractivity contribution in [1.82, 2.24) is 0 Å². The van der Waals surface area contributed by atoms with E-state index in [2.05, 4.69) is 6.92 Å². The second-order valence-corrected chi connectivity index (χ2v) is 11.0. The Morgan fingerprint density at radius 2 is 1.27 bits per heavy atom. The molecule has 0 unspecified atom stereocenters. The normalized spacial score (nSPS) is 11.8. The number of ether oxygens (including phenoxy) is 1. The number of rotatable bonds is 16. The van der Waals surface area contributed by atoms with Crippen molar-refractivity contribution in [3.8, 4) is 11.1 Å². The van der Waals surface area contributed by atoms with Crippen LogP contribution in [0.2, 0.25) is 0 Å². The molecule has 0 radical (unpaired) electrons. The molecular formula is C36H43F5O4. The van der Waals surface area contributed by atoms with Crippen molar-refractivity contribution in [2.45, 2.75) is 103 Å². The molecule has 1 atom stereocenters. The van der Waals surface area contributed by atoms with Gasteiger partial charge in [0.25, 0.3) is 0 Å². The first-order valence-corrected chi connectivity index (χ1v) is 15.6. The molecule has 0 heterocycles. The molecule has 0 saturated heterocycles. The lowest BCUT2D eigenvalue weighted by molar-refractivity contribution is -0.206. The minimum absolute atomic E-state index is 0.118. The highest BCUT2D eigenvalue weighted by Gasteiger charge is 2.42. The zero-order valence-electron chi connectivity index (χ0n) is 26.0. The quantitative estimate of drug-likeness (QED) is 0.0967. The van der Waals surface area contributed by atoms with Crippen molar-refractivity contribution in [1.29, 1.82) is 0 Å². The van der Waals surface area contributed by atoms with Crippen LogP contribution in [0.3, 0.4) is 0 Å². The summed E-state index contributed by atoms with van der Waals surface area (Å²) in [6, 6.07) is 18.4. The molecule has 1 N–H and O–H groups in total. The van der Waals surface area contributed by atoms with Gasteiger partial charge < -0.3 is 9.84 Å². The molecule has 0 aliphatic rings. The number of carbonyl (C=O) groups excluding carboxylic acids is 1. The number of carboxylic acid groups (broad SMARTS) is 1. The number of carbonyl (C=O) groups is 2. The summed E-state index contributed by atoms with van der Waals surface area (Å²) in [4.78, 5) is 22.8. The van der Waals surface area contributed by atoms with Crippen LogP contribution in [0.4, 0.5) is 22.0 Å². The summed E-state index contributed by atoms with van der Waals surface area (Å²) in [5.41, 5.74) is 1.63. The van der Waals surface area contributed by atoms with Crippen molar-refractivity contribution in [2.24, 2.45) is 0 Å².